The Labute approximate surface area is 187 Å². The molecule has 2 aliphatic rings. The van der Waals surface area contributed by atoms with Gasteiger partial charge in [-0.15, -0.1) is 0 Å². The van der Waals surface area contributed by atoms with Gasteiger partial charge in [0.15, 0.2) is 0 Å². The zero-order valence-electron chi connectivity index (χ0n) is 17.1. The first-order valence-corrected chi connectivity index (χ1v) is 10.9. The van der Waals surface area contributed by atoms with E-state index in [0.717, 1.165) is 61.8 Å². The summed E-state index contributed by atoms with van der Waals surface area (Å²) in [7, 11) is 0. The molecule has 1 unspecified atom stereocenters. The molecule has 2 aromatic heterocycles. The molecule has 32 heavy (non-hydrogen) atoms. The van der Waals surface area contributed by atoms with E-state index in [1.165, 1.54) is 6.20 Å². The Hall–Kier alpha value is -2.43. The largest absolute Gasteiger partial charge is 0.378 e. The molecule has 0 spiro atoms. The third-order valence-corrected chi connectivity index (χ3v) is 6.45. The van der Waals surface area contributed by atoms with Crippen molar-refractivity contribution < 1.29 is 17.9 Å². The smallest absolute Gasteiger partial charge is 0.289 e. The highest BCUT2D eigenvalue weighted by atomic mass is 35.5. The van der Waals surface area contributed by atoms with Gasteiger partial charge in [0, 0.05) is 16.6 Å². The number of nitrogens with one attached hydrogen (secondary N) is 1. The van der Waals surface area contributed by atoms with Crippen LogP contribution in [-0.2, 0) is 4.74 Å². The van der Waals surface area contributed by atoms with Crippen molar-refractivity contribution >= 4 is 34.1 Å². The first-order chi connectivity index (χ1) is 15.5. The monoisotopic (exact) mass is 466 g/mol. The molecule has 2 aliphatic heterocycles. The van der Waals surface area contributed by atoms with Crippen LogP contribution in [0.4, 0.5) is 24.8 Å². The van der Waals surface area contributed by atoms with E-state index < -0.39 is 12.7 Å². The Kier molecular flexibility index (Phi) is 5.92. The van der Waals surface area contributed by atoms with Gasteiger partial charge >= 0.3 is 0 Å². The number of nitrogens with zero attached hydrogens (tertiary/aromatic N) is 5. The van der Waals surface area contributed by atoms with Crippen LogP contribution in [-0.4, -0.2) is 63.4 Å². The summed E-state index contributed by atoms with van der Waals surface area (Å²) in [4.78, 5) is 11.3. The maximum absolute atomic E-state index is 13.4. The summed E-state index contributed by atoms with van der Waals surface area (Å²) < 4.78 is 44.4. The van der Waals surface area contributed by atoms with Gasteiger partial charge < -0.3 is 10.1 Å². The summed E-state index contributed by atoms with van der Waals surface area (Å²) in [5, 5.41) is 8.01. The van der Waals surface area contributed by atoms with Gasteiger partial charge in [-0.3, -0.25) is 4.90 Å². The van der Waals surface area contributed by atoms with E-state index in [1.807, 2.05) is 12.1 Å². The topological polar surface area (TPSA) is 68.1 Å². The molecular weight excluding hydrogens is 445 g/mol. The van der Waals surface area contributed by atoms with Crippen molar-refractivity contribution in [3.8, 4) is 0 Å². The lowest BCUT2D eigenvalue weighted by atomic mass is 9.88. The van der Waals surface area contributed by atoms with Crippen LogP contribution in [0.2, 0.25) is 5.02 Å². The fourth-order valence-electron chi connectivity index (χ4n) is 4.23. The standard InChI is InChI=1S/C21H22ClF3N6O/c22-17-5-13-7-26-21(28-14-8-27-31(9-14)20(25)19(23)24)29-18(13)6-16(17)12-1-3-30(4-2-12)15-10-32-11-15/h5-9,12,15,19-20H,1-4,10-11H2,(H,26,28,29). The van der Waals surface area contributed by atoms with Gasteiger partial charge in [-0.2, -0.15) is 5.10 Å². The predicted octanol–water partition coefficient (Wildman–Crippen LogP) is 4.53. The quantitative estimate of drug-likeness (QED) is 0.575. The first-order valence-electron chi connectivity index (χ1n) is 10.5. The zero-order valence-corrected chi connectivity index (χ0v) is 17.9. The van der Waals surface area contributed by atoms with E-state index in [1.54, 1.807) is 6.20 Å². The summed E-state index contributed by atoms with van der Waals surface area (Å²) >= 11 is 6.59. The highest BCUT2D eigenvalue weighted by molar-refractivity contribution is 6.32. The lowest BCUT2D eigenvalue weighted by molar-refractivity contribution is -0.0712. The minimum atomic E-state index is -3.16. The van der Waals surface area contributed by atoms with Crippen LogP contribution in [0.5, 0.6) is 0 Å². The van der Waals surface area contributed by atoms with Crippen molar-refractivity contribution in [3.05, 3.63) is 41.3 Å². The summed E-state index contributed by atoms with van der Waals surface area (Å²) in [5.41, 5.74) is 2.10. The molecule has 1 aromatic carbocycles. The van der Waals surface area contributed by atoms with Crippen molar-refractivity contribution in [2.75, 3.05) is 31.6 Å². The molecule has 4 heterocycles. The minimum Gasteiger partial charge on any atom is -0.378 e. The Balaban J connectivity index is 1.33. The molecule has 0 aliphatic carbocycles. The van der Waals surface area contributed by atoms with Gasteiger partial charge in [0.05, 0.1) is 42.9 Å². The van der Waals surface area contributed by atoms with Crippen LogP contribution in [0.25, 0.3) is 10.9 Å². The SMILES string of the molecule is FC(F)C(F)n1cc(Nc2ncc3cc(Cl)c(C4CCN(C5COC5)CC4)cc3n2)cn1. The van der Waals surface area contributed by atoms with Crippen molar-refractivity contribution in [2.45, 2.75) is 37.5 Å². The molecule has 0 radical (unpaired) electrons. The number of likely N-dealkylation sites (tertiary alicyclic amines) is 1. The molecule has 5 rings (SSSR count). The molecule has 7 nitrogen and oxygen atoms in total. The zero-order chi connectivity index (χ0) is 22.2. The van der Waals surface area contributed by atoms with Crippen LogP contribution in [0.3, 0.4) is 0 Å². The Bertz CT molecular complexity index is 1100. The number of fused-ring (bicyclic) bond motifs is 1. The lowest BCUT2D eigenvalue weighted by Gasteiger charge is -2.41. The lowest BCUT2D eigenvalue weighted by Crippen LogP contribution is -2.51. The van der Waals surface area contributed by atoms with Gasteiger partial charge in [-0.05, 0) is 49.5 Å². The molecule has 0 saturated carbocycles. The summed E-state index contributed by atoms with van der Waals surface area (Å²) in [5.74, 6) is 0.613. The number of ether oxygens (including phenoxy) is 1. The Morgan fingerprint density at radius 1 is 1.12 bits per heavy atom. The average Bonchev–Trinajstić information content (AvgIpc) is 3.20. The van der Waals surface area contributed by atoms with Gasteiger partial charge in [0.1, 0.15) is 0 Å². The highest BCUT2D eigenvalue weighted by Crippen LogP contribution is 2.36. The van der Waals surface area contributed by atoms with Crippen LogP contribution in [0.15, 0.2) is 30.7 Å². The molecular formula is C21H22ClF3N6O. The molecule has 2 fully saturated rings. The number of aromatic nitrogens is 4. The highest BCUT2D eigenvalue weighted by Gasteiger charge is 2.30. The molecule has 0 bridgehead atoms. The number of piperidine rings is 1. The second-order valence-electron chi connectivity index (χ2n) is 8.17. The van der Waals surface area contributed by atoms with Crippen molar-refractivity contribution in [3.63, 3.8) is 0 Å². The summed E-state index contributed by atoms with van der Waals surface area (Å²) in [6, 6.07) is 4.41. The minimum absolute atomic E-state index is 0.262. The molecule has 0 amide bonds. The van der Waals surface area contributed by atoms with Crippen LogP contribution in [0, 0.1) is 0 Å². The summed E-state index contributed by atoms with van der Waals surface area (Å²) in [6.45, 7) is 3.67. The molecule has 11 heteroatoms. The van der Waals surface area contributed by atoms with Crippen molar-refractivity contribution in [2.24, 2.45) is 0 Å². The molecule has 170 valence electrons. The van der Waals surface area contributed by atoms with E-state index >= 15 is 0 Å². The van der Waals surface area contributed by atoms with E-state index in [9.17, 15) is 13.2 Å². The number of benzene rings is 1. The van der Waals surface area contributed by atoms with Gasteiger partial charge in [0.25, 0.3) is 12.7 Å². The van der Waals surface area contributed by atoms with Gasteiger partial charge in [-0.25, -0.2) is 27.8 Å². The van der Waals surface area contributed by atoms with E-state index in [-0.39, 0.29) is 5.95 Å². The third-order valence-electron chi connectivity index (χ3n) is 6.12. The first kappa shape index (κ1) is 21.4. The number of hydrogen-bond donors (Lipinski definition) is 1. The molecule has 3 aromatic rings. The average molecular weight is 467 g/mol. The van der Waals surface area contributed by atoms with Gasteiger partial charge in [-0.1, -0.05) is 11.6 Å². The fourth-order valence-corrected chi connectivity index (χ4v) is 4.56. The normalized spacial score (nSPS) is 19.4. The van der Waals surface area contributed by atoms with E-state index in [0.29, 0.717) is 27.4 Å². The Morgan fingerprint density at radius 2 is 1.91 bits per heavy atom. The number of anilines is 2. The predicted molar refractivity (Wildman–Crippen MR) is 114 cm³/mol. The second-order valence-corrected chi connectivity index (χ2v) is 8.58. The van der Waals surface area contributed by atoms with Crippen LogP contribution < -0.4 is 5.32 Å². The third kappa shape index (κ3) is 4.26. The van der Waals surface area contributed by atoms with Gasteiger partial charge in [0.2, 0.25) is 5.95 Å². The van der Waals surface area contributed by atoms with Crippen molar-refractivity contribution in [1.29, 1.82) is 0 Å². The molecule has 1 atom stereocenters. The number of halogens is 4. The van der Waals surface area contributed by atoms with Crippen LogP contribution >= 0.6 is 11.6 Å². The Morgan fingerprint density at radius 3 is 2.59 bits per heavy atom. The second kappa shape index (κ2) is 8.84. The maximum atomic E-state index is 13.4. The number of rotatable bonds is 6. The molecule has 1 N–H and O–H groups in total. The summed E-state index contributed by atoms with van der Waals surface area (Å²) in [6.07, 6.45) is 0.418. The maximum Gasteiger partial charge on any atom is 0.289 e. The van der Waals surface area contributed by atoms with E-state index in [2.05, 4.69) is 25.3 Å². The number of hydrogen-bond acceptors (Lipinski definition) is 6. The van der Waals surface area contributed by atoms with Crippen LogP contribution in [0.1, 0.15) is 30.6 Å². The fraction of sp³-hybridized carbons (Fsp3) is 0.476. The van der Waals surface area contributed by atoms with E-state index in [4.69, 9.17) is 16.3 Å². The van der Waals surface area contributed by atoms with Crippen molar-refractivity contribution in [1.82, 2.24) is 24.6 Å². The molecule has 2 saturated heterocycles. The number of alkyl halides is 3.